The number of hydrogen-bond acceptors (Lipinski definition) is 4. The van der Waals surface area contributed by atoms with E-state index < -0.39 is 5.56 Å². The summed E-state index contributed by atoms with van der Waals surface area (Å²) < 4.78 is 10.5. The number of aromatic amines is 1. The SMILES string of the molecule is COc1ccc([C@H](NC(=O)c2ccc(-c3ccco3)[nH]c2=O)C2CC2)cc1. The minimum absolute atomic E-state index is 0.0875. The molecule has 0 bridgehead atoms. The minimum atomic E-state index is -0.439. The monoisotopic (exact) mass is 364 g/mol. The van der Waals surface area contributed by atoms with Gasteiger partial charge in [-0.15, -0.1) is 0 Å². The summed E-state index contributed by atoms with van der Waals surface area (Å²) in [4.78, 5) is 27.8. The Kier molecular flexibility index (Phi) is 4.54. The number of furan rings is 1. The largest absolute Gasteiger partial charge is 0.497 e. The topological polar surface area (TPSA) is 84.3 Å². The maximum atomic E-state index is 12.7. The number of rotatable bonds is 6. The summed E-state index contributed by atoms with van der Waals surface area (Å²) in [5.41, 5.74) is 1.20. The number of carbonyl (C=O) groups excluding carboxylic acids is 1. The lowest BCUT2D eigenvalue weighted by Crippen LogP contribution is -2.33. The lowest BCUT2D eigenvalue weighted by molar-refractivity contribution is 0.0930. The molecule has 27 heavy (non-hydrogen) atoms. The van der Waals surface area contributed by atoms with Crippen LogP contribution in [-0.2, 0) is 0 Å². The van der Waals surface area contributed by atoms with E-state index in [-0.39, 0.29) is 17.5 Å². The van der Waals surface area contributed by atoms with Gasteiger partial charge in [0.15, 0.2) is 0 Å². The van der Waals surface area contributed by atoms with E-state index in [1.807, 2.05) is 24.3 Å². The van der Waals surface area contributed by atoms with Crippen LogP contribution >= 0.6 is 0 Å². The van der Waals surface area contributed by atoms with Crippen molar-refractivity contribution in [3.05, 3.63) is 76.3 Å². The average molecular weight is 364 g/mol. The van der Waals surface area contributed by atoms with Gasteiger partial charge in [-0.05, 0) is 60.7 Å². The lowest BCUT2D eigenvalue weighted by Gasteiger charge is -2.19. The van der Waals surface area contributed by atoms with E-state index in [2.05, 4.69) is 10.3 Å². The number of ether oxygens (including phenoxy) is 1. The number of aromatic nitrogens is 1. The highest BCUT2D eigenvalue weighted by molar-refractivity contribution is 5.94. The maximum absolute atomic E-state index is 12.7. The first-order chi connectivity index (χ1) is 13.2. The Morgan fingerprint density at radius 2 is 1.96 bits per heavy atom. The number of pyridine rings is 1. The molecule has 0 unspecified atom stereocenters. The summed E-state index contributed by atoms with van der Waals surface area (Å²) in [6.07, 6.45) is 3.65. The molecule has 4 rings (SSSR count). The van der Waals surface area contributed by atoms with Crippen molar-refractivity contribution in [2.75, 3.05) is 7.11 Å². The third-order valence-corrected chi connectivity index (χ3v) is 4.80. The second-order valence-electron chi connectivity index (χ2n) is 6.65. The average Bonchev–Trinajstić information content (AvgIpc) is 3.38. The van der Waals surface area contributed by atoms with Gasteiger partial charge in [0.1, 0.15) is 17.1 Å². The van der Waals surface area contributed by atoms with E-state index in [4.69, 9.17) is 9.15 Å². The van der Waals surface area contributed by atoms with Crippen molar-refractivity contribution in [3.8, 4) is 17.2 Å². The van der Waals surface area contributed by atoms with Crippen LogP contribution < -0.4 is 15.6 Å². The first-order valence-corrected chi connectivity index (χ1v) is 8.88. The standard InChI is InChI=1S/C21H20N2O4/c1-26-15-8-6-14(7-9-15)19(13-4-5-13)23-21(25)16-10-11-17(22-20(16)24)18-3-2-12-27-18/h2-3,6-13,19H,4-5H2,1H3,(H,22,24)(H,23,25)/t19-/m1/s1. The van der Waals surface area contributed by atoms with E-state index in [0.717, 1.165) is 24.2 Å². The number of methoxy groups -OCH3 is 1. The zero-order chi connectivity index (χ0) is 18.8. The molecule has 0 aliphatic heterocycles. The van der Waals surface area contributed by atoms with Crippen molar-refractivity contribution in [3.63, 3.8) is 0 Å². The van der Waals surface area contributed by atoms with E-state index in [1.165, 1.54) is 12.3 Å². The van der Waals surface area contributed by atoms with Gasteiger partial charge in [0.05, 0.1) is 25.1 Å². The molecule has 1 amide bonds. The first kappa shape index (κ1) is 17.1. The van der Waals surface area contributed by atoms with Gasteiger partial charge in [0.2, 0.25) is 0 Å². The Bertz CT molecular complexity index is 986. The predicted octanol–water partition coefficient (Wildman–Crippen LogP) is 3.52. The minimum Gasteiger partial charge on any atom is -0.497 e. The fourth-order valence-electron chi connectivity index (χ4n) is 3.16. The molecule has 0 spiro atoms. The van der Waals surface area contributed by atoms with Crippen LogP contribution in [0.25, 0.3) is 11.5 Å². The highest BCUT2D eigenvalue weighted by atomic mass is 16.5. The number of amides is 1. The molecule has 2 aromatic heterocycles. The van der Waals surface area contributed by atoms with Crippen molar-refractivity contribution in [1.29, 1.82) is 0 Å². The van der Waals surface area contributed by atoms with Crippen LogP contribution in [0.3, 0.4) is 0 Å². The van der Waals surface area contributed by atoms with Gasteiger partial charge in [-0.25, -0.2) is 0 Å². The maximum Gasteiger partial charge on any atom is 0.261 e. The van der Waals surface area contributed by atoms with Gasteiger partial charge in [-0.3, -0.25) is 9.59 Å². The van der Waals surface area contributed by atoms with Crippen LogP contribution in [0, 0.1) is 5.92 Å². The van der Waals surface area contributed by atoms with Crippen LogP contribution in [0.1, 0.15) is 34.8 Å². The quantitative estimate of drug-likeness (QED) is 0.701. The third-order valence-electron chi connectivity index (χ3n) is 4.80. The van der Waals surface area contributed by atoms with Crippen LogP contribution in [0.15, 0.2) is 64.0 Å². The Balaban J connectivity index is 1.55. The Morgan fingerprint density at radius 1 is 1.19 bits per heavy atom. The highest BCUT2D eigenvalue weighted by Gasteiger charge is 2.34. The van der Waals surface area contributed by atoms with E-state index in [0.29, 0.717) is 17.4 Å². The van der Waals surface area contributed by atoms with Gasteiger partial charge < -0.3 is 19.5 Å². The molecule has 2 N–H and O–H groups in total. The van der Waals surface area contributed by atoms with Crippen molar-refractivity contribution in [1.82, 2.24) is 10.3 Å². The Labute approximate surface area is 156 Å². The van der Waals surface area contributed by atoms with Crippen molar-refractivity contribution < 1.29 is 13.9 Å². The highest BCUT2D eigenvalue weighted by Crippen LogP contribution is 2.41. The summed E-state index contributed by atoms with van der Waals surface area (Å²) in [7, 11) is 1.62. The number of hydrogen-bond donors (Lipinski definition) is 2. The van der Waals surface area contributed by atoms with Crippen molar-refractivity contribution in [2.24, 2.45) is 5.92 Å². The second-order valence-corrected chi connectivity index (χ2v) is 6.65. The molecular weight excluding hydrogens is 344 g/mol. The summed E-state index contributed by atoms with van der Waals surface area (Å²) >= 11 is 0. The van der Waals surface area contributed by atoms with Crippen LogP contribution in [0.5, 0.6) is 5.75 Å². The lowest BCUT2D eigenvalue weighted by atomic mass is 10.0. The summed E-state index contributed by atoms with van der Waals surface area (Å²) in [6.45, 7) is 0. The Hall–Kier alpha value is -3.28. The summed E-state index contributed by atoms with van der Waals surface area (Å²) in [5, 5.41) is 3.02. The fourth-order valence-corrected chi connectivity index (χ4v) is 3.16. The van der Waals surface area contributed by atoms with Crippen LogP contribution in [0.2, 0.25) is 0 Å². The van der Waals surface area contributed by atoms with E-state index in [1.54, 1.807) is 25.3 Å². The normalized spacial score (nSPS) is 14.6. The molecule has 1 saturated carbocycles. The van der Waals surface area contributed by atoms with Crippen LogP contribution in [-0.4, -0.2) is 18.0 Å². The van der Waals surface area contributed by atoms with E-state index in [9.17, 15) is 9.59 Å². The van der Waals surface area contributed by atoms with Gasteiger partial charge in [-0.1, -0.05) is 12.1 Å². The first-order valence-electron chi connectivity index (χ1n) is 8.88. The zero-order valence-corrected chi connectivity index (χ0v) is 14.9. The fraction of sp³-hybridized carbons (Fsp3) is 0.238. The molecule has 1 atom stereocenters. The molecular formula is C21H20N2O4. The molecule has 6 nitrogen and oxygen atoms in total. The molecule has 1 fully saturated rings. The van der Waals surface area contributed by atoms with Crippen LogP contribution in [0.4, 0.5) is 0 Å². The van der Waals surface area contributed by atoms with Crippen molar-refractivity contribution in [2.45, 2.75) is 18.9 Å². The molecule has 138 valence electrons. The molecule has 3 aromatic rings. The molecule has 1 aliphatic rings. The predicted molar refractivity (Wildman–Crippen MR) is 101 cm³/mol. The smallest absolute Gasteiger partial charge is 0.261 e. The second kappa shape index (κ2) is 7.15. The number of carbonyl (C=O) groups is 1. The van der Waals surface area contributed by atoms with Gasteiger partial charge >= 0.3 is 0 Å². The molecule has 1 aliphatic carbocycles. The Morgan fingerprint density at radius 3 is 2.56 bits per heavy atom. The number of benzene rings is 1. The molecule has 1 aromatic carbocycles. The van der Waals surface area contributed by atoms with Gasteiger partial charge in [0, 0.05) is 0 Å². The molecule has 0 saturated heterocycles. The molecule has 6 heteroatoms. The number of nitrogens with one attached hydrogen (secondary N) is 2. The summed E-state index contributed by atoms with van der Waals surface area (Å²) in [5.74, 6) is 1.33. The van der Waals surface area contributed by atoms with Gasteiger partial charge in [0.25, 0.3) is 11.5 Å². The van der Waals surface area contributed by atoms with E-state index >= 15 is 0 Å². The summed E-state index contributed by atoms with van der Waals surface area (Å²) in [6, 6.07) is 14.2. The van der Waals surface area contributed by atoms with Crippen molar-refractivity contribution >= 4 is 5.91 Å². The van der Waals surface area contributed by atoms with Gasteiger partial charge in [-0.2, -0.15) is 0 Å². The third kappa shape index (κ3) is 3.65. The zero-order valence-electron chi connectivity index (χ0n) is 14.9. The number of H-pyrrole nitrogens is 1. The molecule has 0 radical (unpaired) electrons. The molecule has 2 heterocycles.